The van der Waals surface area contributed by atoms with E-state index in [4.69, 9.17) is 4.74 Å². The van der Waals surface area contributed by atoms with Gasteiger partial charge in [-0.25, -0.2) is 9.97 Å². The lowest BCUT2D eigenvalue weighted by Gasteiger charge is -2.09. The van der Waals surface area contributed by atoms with Gasteiger partial charge in [-0.1, -0.05) is 26.0 Å². The number of nitrogens with one attached hydrogen (secondary N) is 1. The molecule has 5 nitrogen and oxygen atoms in total. The van der Waals surface area contributed by atoms with E-state index in [1.165, 1.54) is 24.4 Å². The average molecular weight is 427 g/mol. The zero-order valence-corrected chi connectivity index (χ0v) is 16.9. The van der Waals surface area contributed by atoms with Crippen LogP contribution in [-0.2, 0) is 12.8 Å². The molecule has 0 spiro atoms. The lowest BCUT2D eigenvalue weighted by Crippen LogP contribution is -2.06. The maximum absolute atomic E-state index is 12.8. The molecule has 1 aromatic carbocycles. The van der Waals surface area contributed by atoms with Gasteiger partial charge in [-0.05, 0) is 35.9 Å². The normalized spacial score (nSPS) is 11.0. The first kappa shape index (κ1) is 22.0. The first-order chi connectivity index (χ1) is 14.9. The number of alkyl halides is 3. The Morgan fingerprint density at radius 3 is 2.58 bits per heavy atom. The van der Waals surface area contributed by atoms with Gasteiger partial charge in [0.1, 0.15) is 12.3 Å². The number of ketones is 1. The summed E-state index contributed by atoms with van der Waals surface area (Å²) in [6.45, 7) is 3.93. The molecule has 4 aromatic rings. The fourth-order valence-corrected chi connectivity index (χ4v) is 2.89. The van der Waals surface area contributed by atoms with Crippen LogP contribution in [0.5, 0.6) is 5.88 Å². The second-order valence-corrected chi connectivity index (χ2v) is 6.30. The number of fused-ring (bicyclic) bond motifs is 1. The van der Waals surface area contributed by atoms with Crippen LogP contribution in [0.1, 0.15) is 40.9 Å². The van der Waals surface area contributed by atoms with Crippen molar-refractivity contribution in [3.63, 3.8) is 0 Å². The average Bonchev–Trinajstić information content (AvgIpc) is 3.23. The molecule has 0 amide bonds. The minimum atomic E-state index is -4.41. The van der Waals surface area contributed by atoms with Crippen LogP contribution < -0.4 is 4.74 Å². The van der Waals surface area contributed by atoms with E-state index >= 15 is 0 Å². The van der Waals surface area contributed by atoms with E-state index in [0.29, 0.717) is 27.7 Å². The van der Waals surface area contributed by atoms with Gasteiger partial charge in [0.25, 0.3) is 0 Å². The van der Waals surface area contributed by atoms with Crippen molar-refractivity contribution in [1.82, 2.24) is 15.0 Å². The molecule has 4 rings (SSSR count). The van der Waals surface area contributed by atoms with Crippen molar-refractivity contribution in [2.75, 3.05) is 0 Å². The molecular formula is C23H20F3N3O2. The van der Waals surface area contributed by atoms with Crippen molar-refractivity contribution in [2.24, 2.45) is 0 Å². The van der Waals surface area contributed by atoms with Gasteiger partial charge in [-0.2, -0.15) is 13.2 Å². The van der Waals surface area contributed by atoms with E-state index in [1.54, 1.807) is 30.6 Å². The van der Waals surface area contributed by atoms with Crippen LogP contribution in [-0.4, -0.2) is 20.7 Å². The van der Waals surface area contributed by atoms with Crippen LogP contribution in [0.15, 0.2) is 67.1 Å². The predicted octanol–water partition coefficient (Wildman–Crippen LogP) is 5.81. The molecule has 0 radical (unpaired) electrons. The topological polar surface area (TPSA) is 67.9 Å². The Labute approximate surface area is 176 Å². The highest BCUT2D eigenvalue weighted by molar-refractivity contribution is 6.15. The van der Waals surface area contributed by atoms with Gasteiger partial charge in [-0.3, -0.25) is 4.79 Å². The quantitative estimate of drug-likeness (QED) is 0.408. The lowest BCUT2D eigenvalue weighted by atomic mass is 10.1. The summed E-state index contributed by atoms with van der Waals surface area (Å²) in [6.07, 6.45) is 0.191. The van der Waals surface area contributed by atoms with Crippen LogP contribution in [0.4, 0.5) is 13.2 Å². The summed E-state index contributed by atoms with van der Waals surface area (Å²) in [6, 6.07) is 11.5. The zero-order chi connectivity index (χ0) is 22.4. The molecule has 0 saturated carbocycles. The van der Waals surface area contributed by atoms with Crippen LogP contribution in [0.2, 0.25) is 0 Å². The van der Waals surface area contributed by atoms with Gasteiger partial charge in [-0.15, -0.1) is 0 Å². The Balaban J connectivity index is 0.00000132. The van der Waals surface area contributed by atoms with E-state index in [0.717, 1.165) is 12.1 Å². The second kappa shape index (κ2) is 9.42. The molecule has 0 saturated heterocycles. The number of benzene rings is 1. The molecular weight excluding hydrogens is 407 g/mol. The SMILES string of the molecule is CC.O=C(c1ccc(OCc2cccc(C(F)(F)F)c2)nc1)c1c[nH]c2ncccc12. The number of nitrogens with zero attached hydrogens (tertiary/aromatic N) is 2. The monoisotopic (exact) mass is 427 g/mol. The van der Waals surface area contributed by atoms with E-state index < -0.39 is 11.7 Å². The molecule has 3 heterocycles. The fraction of sp³-hybridized carbons (Fsp3) is 0.174. The molecule has 0 aliphatic carbocycles. The van der Waals surface area contributed by atoms with E-state index in [1.807, 2.05) is 13.8 Å². The maximum Gasteiger partial charge on any atom is 0.416 e. The largest absolute Gasteiger partial charge is 0.473 e. The number of aromatic nitrogens is 3. The summed E-state index contributed by atoms with van der Waals surface area (Å²) >= 11 is 0. The Morgan fingerprint density at radius 1 is 1.06 bits per heavy atom. The minimum Gasteiger partial charge on any atom is -0.473 e. The van der Waals surface area contributed by atoms with Gasteiger partial charge >= 0.3 is 6.18 Å². The number of halogens is 3. The zero-order valence-electron chi connectivity index (χ0n) is 16.9. The molecule has 160 valence electrons. The molecule has 0 aliphatic heterocycles. The Hall–Kier alpha value is -3.68. The van der Waals surface area contributed by atoms with Gasteiger partial charge in [0.15, 0.2) is 5.78 Å². The Kier molecular flexibility index (Phi) is 6.69. The molecule has 1 N–H and O–H groups in total. The van der Waals surface area contributed by atoms with Crippen molar-refractivity contribution in [1.29, 1.82) is 0 Å². The van der Waals surface area contributed by atoms with Crippen LogP contribution in [0.3, 0.4) is 0 Å². The molecule has 0 fully saturated rings. The molecule has 31 heavy (non-hydrogen) atoms. The predicted molar refractivity (Wildman–Crippen MR) is 111 cm³/mol. The number of ether oxygens (including phenoxy) is 1. The number of H-pyrrole nitrogens is 1. The summed E-state index contributed by atoms with van der Waals surface area (Å²) in [5.74, 6) is -0.0132. The van der Waals surface area contributed by atoms with Crippen molar-refractivity contribution in [2.45, 2.75) is 26.6 Å². The number of aromatic amines is 1. The fourth-order valence-electron chi connectivity index (χ4n) is 2.89. The first-order valence-corrected chi connectivity index (χ1v) is 9.63. The highest BCUT2D eigenvalue weighted by atomic mass is 19.4. The van der Waals surface area contributed by atoms with E-state index in [9.17, 15) is 18.0 Å². The summed E-state index contributed by atoms with van der Waals surface area (Å²) in [5.41, 5.74) is 1.09. The second-order valence-electron chi connectivity index (χ2n) is 6.30. The first-order valence-electron chi connectivity index (χ1n) is 9.63. The number of carbonyl (C=O) groups is 1. The number of carbonyl (C=O) groups excluding carboxylic acids is 1. The lowest BCUT2D eigenvalue weighted by molar-refractivity contribution is -0.137. The van der Waals surface area contributed by atoms with Crippen LogP contribution >= 0.6 is 0 Å². The van der Waals surface area contributed by atoms with Gasteiger partial charge in [0, 0.05) is 41.2 Å². The highest BCUT2D eigenvalue weighted by Gasteiger charge is 2.30. The third kappa shape index (κ3) is 5.09. The highest BCUT2D eigenvalue weighted by Crippen LogP contribution is 2.29. The van der Waals surface area contributed by atoms with Gasteiger partial charge < -0.3 is 9.72 Å². The summed E-state index contributed by atoms with van der Waals surface area (Å²) in [5, 5.41) is 0.711. The van der Waals surface area contributed by atoms with Gasteiger partial charge in [0.05, 0.1) is 5.56 Å². The minimum absolute atomic E-state index is 0.0711. The third-order valence-corrected chi connectivity index (χ3v) is 4.34. The summed E-state index contributed by atoms with van der Waals surface area (Å²) in [4.78, 5) is 23.9. The van der Waals surface area contributed by atoms with Crippen molar-refractivity contribution in [3.05, 3.63) is 89.4 Å². The maximum atomic E-state index is 12.8. The van der Waals surface area contributed by atoms with Crippen LogP contribution in [0.25, 0.3) is 11.0 Å². The molecule has 8 heteroatoms. The summed E-state index contributed by atoms with van der Waals surface area (Å²) in [7, 11) is 0. The van der Waals surface area contributed by atoms with E-state index in [2.05, 4.69) is 15.0 Å². The third-order valence-electron chi connectivity index (χ3n) is 4.34. The standard InChI is InChI=1S/C21H14F3N3O2.C2H6/c22-21(23,24)15-4-1-3-13(9-15)12-29-18-7-6-14(10-26-18)19(28)17-11-27-20-16(17)5-2-8-25-20;1-2/h1-11H,12H2,(H,25,27);1-2H3. The number of pyridine rings is 2. The molecule has 0 atom stereocenters. The molecule has 3 aromatic heterocycles. The van der Waals surface area contributed by atoms with Crippen molar-refractivity contribution >= 4 is 16.8 Å². The number of hydrogen-bond donors (Lipinski definition) is 1. The van der Waals surface area contributed by atoms with E-state index in [-0.39, 0.29) is 18.3 Å². The summed E-state index contributed by atoms with van der Waals surface area (Å²) < 4.78 is 43.8. The molecule has 0 unspecified atom stereocenters. The molecule has 0 aliphatic rings. The van der Waals surface area contributed by atoms with Crippen LogP contribution in [0, 0.1) is 0 Å². The van der Waals surface area contributed by atoms with Gasteiger partial charge in [0.2, 0.25) is 5.88 Å². The van der Waals surface area contributed by atoms with Crippen molar-refractivity contribution < 1.29 is 22.7 Å². The molecule has 0 bridgehead atoms. The Morgan fingerprint density at radius 2 is 1.87 bits per heavy atom. The smallest absolute Gasteiger partial charge is 0.416 e. The Bertz CT molecular complexity index is 1170. The number of rotatable bonds is 5. The number of hydrogen-bond acceptors (Lipinski definition) is 4. The van der Waals surface area contributed by atoms with Crippen molar-refractivity contribution in [3.8, 4) is 5.88 Å².